The Morgan fingerprint density at radius 3 is 2.33 bits per heavy atom. The number of nitrogens with one attached hydrogen (secondary N) is 1. The molecule has 0 fully saturated rings. The number of hydrogen-bond donors (Lipinski definition) is 1. The zero-order valence-electron chi connectivity index (χ0n) is 12.6. The molecule has 21 heavy (non-hydrogen) atoms. The van der Waals surface area contributed by atoms with Crippen molar-refractivity contribution in [1.82, 2.24) is 5.32 Å². The topological polar surface area (TPSA) is 21.3 Å². The highest BCUT2D eigenvalue weighted by molar-refractivity contribution is 14.1. The van der Waals surface area contributed by atoms with Gasteiger partial charge in [0.2, 0.25) is 0 Å². The molecular weight excluding hydrogens is 373 g/mol. The SMILES string of the molecule is CCCNC(CC)c1ccccc1Oc1ccccc1I. The maximum atomic E-state index is 6.16. The lowest BCUT2D eigenvalue weighted by atomic mass is 10.0. The fourth-order valence-corrected chi connectivity index (χ4v) is 2.80. The highest BCUT2D eigenvalue weighted by atomic mass is 127. The molecule has 1 N–H and O–H groups in total. The quantitative estimate of drug-likeness (QED) is 0.622. The van der Waals surface area contributed by atoms with E-state index in [0.29, 0.717) is 6.04 Å². The Hall–Kier alpha value is -1.07. The van der Waals surface area contributed by atoms with Crippen LogP contribution in [0.2, 0.25) is 0 Å². The minimum atomic E-state index is 0.336. The minimum absolute atomic E-state index is 0.336. The molecule has 2 rings (SSSR count). The van der Waals surface area contributed by atoms with E-state index >= 15 is 0 Å². The molecule has 0 amide bonds. The number of rotatable bonds is 7. The summed E-state index contributed by atoms with van der Waals surface area (Å²) in [4.78, 5) is 0. The number of ether oxygens (including phenoxy) is 1. The van der Waals surface area contributed by atoms with Crippen LogP contribution < -0.4 is 10.1 Å². The van der Waals surface area contributed by atoms with Gasteiger partial charge >= 0.3 is 0 Å². The molecule has 3 heteroatoms. The van der Waals surface area contributed by atoms with Gasteiger partial charge in [-0.1, -0.05) is 44.2 Å². The Morgan fingerprint density at radius 1 is 1.00 bits per heavy atom. The molecule has 0 spiro atoms. The Bertz CT molecular complexity index is 571. The molecule has 0 aliphatic carbocycles. The second-order valence-electron chi connectivity index (χ2n) is 4.99. The molecule has 0 saturated carbocycles. The molecule has 1 unspecified atom stereocenters. The van der Waals surface area contributed by atoms with Gasteiger partial charge in [0.15, 0.2) is 0 Å². The molecule has 2 aromatic rings. The summed E-state index contributed by atoms with van der Waals surface area (Å²) in [7, 11) is 0. The van der Waals surface area contributed by atoms with Crippen molar-refractivity contribution in [3.63, 3.8) is 0 Å². The first-order valence-electron chi connectivity index (χ1n) is 7.51. The van der Waals surface area contributed by atoms with E-state index in [1.807, 2.05) is 24.3 Å². The lowest BCUT2D eigenvalue weighted by Gasteiger charge is -2.20. The summed E-state index contributed by atoms with van der Waals surface area (Å²) in [5.74, 6) is 1.85. The normalized spacial score (nSPS) is 12.1. The molecule has 0 aliphatic rings. The monoisotopic (exact) mass is 395 g/mol. The molecule has 0 bridgehead atoms. The van der Waals surface area contributed by atoms with Gasteiger partial charge in [-0.05, 0) is 60.2 Å². The van der Waals surface area contributed by atoms with Crippen LogP contribution >= 0.6 is 22.6 Å². The lowest BCUT2D eigenvalue weighted by Crippen LogP contribution is -2.21. The van der Waals surface area contributed by atoms with Gasteiger partial charge < -0.3 is 10.1 Å². The predicted octanol–water partition coefficient (Wildman–Crippen LogP) is 5.53. The Kier molecular flexibility index (Phi) is 6.51. The smallest absolute Gasteiger partial charge is 0.140 e. The first kappa shape index (κ1) is 16.3. The third-order valence-corrected chi connectivity index (χ3v) is 4.29. The van der Waals surface area contributed by atoms with Gasteiger partial charge in [-0.25, -0.2) is 0 Å². The third-order valence-electron chi connectivity index (χ3n) is 3.40. The van der Waals surface area contributed by atoms with Crippen LogP contribution in [0.15, 0.2) is 48.5 Å². The molecule has 1 atom stereocenters. The van der Waals surface area contributed by atoms with Crippen molar-refractivity contribution in [2.45, 2.75) is 32.7 Å². The van der Waals surface area contributed by atoms with E-state index in [2.05, 4.69) is 66.0 Å². The largest absolute Gasteiger partial charge is 0.456 e. The Balaban J connectivity index is 2.26. The van der Waals surface area contributed by atoms with E-state index in [1.54, 1.807) is 0 Å². The lowest BCUT2D eigenvalue weighted by molar-refractivity contribution is 0.447. The molecule has 2 aromatic carbocycles. The molecule has 0 saturated heterocycles. The molecule has 112 valence electrons. The van der Waals surface area contributed by atoms with Crippen LogP contribution in [0.4, 0.5) is 0 Å². The van der Waals surface area contributed by atoms with Crippen molar-refractivity contribution in [2.75, 3.05) is 6.54 Å². The summed E-state index contributed by atoms with van der Waals surface area (Å²) in [5, 5.41) is 3.59. The van der Waals surface area contributed by atoms with Crippen LogP contribution in [-0.4, -0.2) is 6.54 Å². The van der Waals surface area contributed by atoms with E-state index in [9.17, 15) is 0 Å². The van der Waals surface area contributed by atoms with E-state index in [1.165, 1.54) is 5.56 Å². The van der Waals surface area contributed by atoms with Crippen LogP contribution in [0, 0.1) is 3.57 Å². The maximum Gasteiger partial charge on any atom is 0.140 e. The van der Waals surface area contributed by atoms with Crippen molar-refractivity contribution >= 4 is 22.6 Å². The zero-order valence-corrected chi connectivity index (χ0v) is 14.8. The molecule has 0 aromatic heterocycles. The van der Waals surface area contributed by atoms with Gasteiger partial charge in [0, 0.05) is 11.6 Å². The minimum Gasteiger partial charge on any atom is -0.456 e. The van der Waals surface area contributed by atoms with Gasteiger partial charge in [0.1, 0.15) is 11.5 Å². The number of para-hydroxylation sites is 2. The summed E-state index contributed by atoms with van der Waals surface area (Å²) in [6, 6.07) is 16.8. The molecular formula is C18H22INO. The highest BCUT2D eigenvalue weighted by Gasteiger charge is 2.14. The third kappa shape index (κ3) is 4.45. The van der Waals surface area contributed by atoms with Gasteiger partial charge in [0.25, 0.3) is 0 Å². The number of hydrogen-bond acceptors (Lipinski definition) is 2. The van der Waals surface area contributed by atoms with Gasteiger partial charge in [-0.15, -0.1) is 0 Å². The van der Waals surface area contributed by atoms with Crippen molar-refractivity contribution in [3.8, 4) is 11.5 Å². The Morgan fingerprint density at radius 2 is 1.67 bits per heavy atom. The first-order chi connectivity index (χ1) is 10.3. The second-order valence-corrected chi connectivity index (χ2v) is 6.15. The van der Waals surface area contributed by atoms with E-state index < -0.39 is 0 Å². The molecule has 0 aliphatic heterocycles. The van der Waals surface area contributed by atoms with E-state index in [4.69, 9.17) is 4.74 Å². The van der Waals surface area contributed by atoms with Crippen LogP contribution in [-0.2, 0) is 0 Å². The summed E-state index contributed by atoms with van der Waals surface area (Å²) < 4.78 is 7.28. The molecule has 0 radical (unpaired) electrons. The van der Waals surface area contributed by atoms with E-state index in [-0.39, 0.29) is 0 Å². The van der Waals surface area contributed by atoms with Crippen LogP contribution in [0.5, 0.6) is 11.5 Å². The van der Waals surface area contributed by atoms with E-state index in [0.717, 1.165) is 34.5 Å². The van der Waals surface area contributed by atoms with Crippen molar-refractivity contribution in [3.05, 3.63) is 57.7 Å². The average molecular weight is 395 g/mol. The summed E-state index contributed by atoms with van der Waals surface area (Å²) in [6.07, 6.45) is 2.18. The first-order valence-corrected chi connectivity index (χ1v) is 8.58. The summed E-state index contributed by atoms with van der Waals surface area (Å²) in [5.41, 5.74) is 1.23. The van der Waals surface area contributed by atoms with Gasteiger partial charge in [-0.2, -0.15) is 0 Å². The zero-order chi connectivity index (χ0) is 15.1. The Labute approximate surface area is 141 Å². The van der Waals surface area contributed by atoms with Gasteiger partial charge in [-0.3, -0.25) is 0 Å². The van der Waals surface area contributed by atoms with Gasteiger partial charge in [0.05, 0.1) is 3.57 Å². The van der Waals surface area contributed by atoms with Crippen molar-refractivity contribution < 1.29 is 4.74 Å². The van der Waals surface area contributed by atoms with Crippen molar-refractivity contribution in [2.24, 2.45) is 0 Å². The number of halogens is 1. The maximum absolute atomic E-state index is 6.16. The standard InChI is InChI=1S/C18H22INO/c1-3-13-20-16(4-2)14-9-5-7-11-17(14)21-18-12-8-6-10-15(18)19/h5-12,16,20H,3-4,13H2,1-2H3. The second kappa shape index (κ2) is 8.39. The fourth-order valence-electron chi connectivity index (χ4n) is 2.30. The number of benzene rings is 2. The van der Waals surface area contributed by atoms with Crippen molar-refractivity contribution in [1.29, 1.82) is 0 Å². The predicted molar refractivity (Wildman–Crippen MR) is 97.0 cm³/mol. The fraction of sp³-hybridized carbons (Fsp3) is 0.333. The highest BCUT2D eigenvalue weighted by Crippen LogP contribution is 2.32. The van der Waals surface area contributed by atoms with Crippen LogP contribution in [0.3, 0.4) is 0 Å². The van der Waals surface area contributed by atoms with Crippen LogP contribution in [0.25, 0.3) is 0 Å². The average Bonchev–Trinajstić information content (AvgIpc) is 2.52. The van der Waals surface area contributed by atoms with Crippen LogP contribution in [0.1, 0.15) is 38.3 Å². The summed E-state index contributed by atoms with van der Waals surface area (Å²) >= 11 is 2.31. The molecule has 2 nitrogen and oxygen atoms in total. The molecule has 0 heterocycles. The summed E-state index contributed by atoms with van der Waals surface area (Å²) in [6.45, 7) is 5.42.